The lowest BCUT2D eigenvalue weighted by atomic mass is 10.2. The average Bonchev–Trinajstić information content (AvgIpc) is 2.47. The molecule has 1 heterocycles. The summed E-state index contributed by atoms with van der Waals surface area (Å²) in [4.78, 5) is 24.4. The van der Waals surface area contributed by atoms with Crippen LogP contribution in [-0.4, -0.2) is 52.5 Å². The SMILES string of the molecule is CCCNc1nc(NCCNC(=O)OC(C)(C)C)nc(SC)n1. The van der Waals surface area contributed by atoms with E-state index < -0.39 is 11.7 Å². The number of amides is 1. The first-order valence-corrected chi connectivity index (χ1v) is 8.81. The molecule has 1 rings (SSSR count). The van der Waals surface area contributed by atoms with E-state index in [2.05, 4.69) is 37.8 Å². The predicted molar refractivity (Wildman–Crippen MR) is 93.1 cm³/mol. The van der Waals surface area contributed by atoms with Gasteiger partial charge in [-0.3, -0.25) is 0 Å². The number of carbonyl (C=O) groups excluding carboxylic acids is 1. The van der Waals surface area contributed by atoms with E-state index >= 15 is 0 Å². The van der Waals surface area contributed by atoms with Gasteiger partial charge < -0.3 is 20.7 Å². The summed E-state index contributed by atoms with van der Waals surface area (Å²) in [6.07, 6.45) is 2.46. The molecule has 0 aliphatic rings. The molecule has 23 heavy (non-hydrogen) atoms. The summed E-state index contributed by atoms with van der Waals surface area (Å²) < 4.78 is 5.16. The lowest BCUT2D eigenvalue weighted by Crippen LogP contribution is -2.35. The molecule has 1 aromatic rings. The molecule has 8 nitrogen and oxygen atoms in total. The van der Waals surface area contributed by atoms with Crippen molar-refractivity contribution in [2.24, 2.45) is 0 Å². The van der Waals surface area contributed by atoms with Gasteiger partial charge in [-0.1, -0.05) is 18.7 Å². The van der Waals surface area contributed by atoms with Crippen molar-refractivity contribution in [2.45, 2.75) is 44.9 Å². The summed E-state index contributed by atoms with van der Waals surface area (Å²) in [7, 11) is 0. The third-order valence-corrected chi connectivity index (χ3v) is 2.95. The van der Waals surface area contributed by atoms with Crippen molar-refractivity contribution in [1.82, 2.24) is 20.3 Å². The van der Waals surface area contributed by atoms with Gasteiger partial charge in [-0.15, -0.1) is 0 Å². The van der Waals surface area contributed by atoms with Gasteiger partial charge in [0, 0.05) is 19.6 Å². The van der Waals surface area contributed by atoms with Crippen LogP contribution in [0.15, 0.2) is 5.16 Å². The maximum absolute atomic E-state index is 11.5. The number of anilines is 2. The molecule has 0 saturated heterocycles. The number of ether oxygens (including phenoxy) is 1. The molecule has 0 unspecified atom stereocenters. The Bertz CT molecular complexity index is 507. The minimum absolute atomic E-state index is 0.410. The predicted octanol–water partition coefficient (Wildman–Crippen LogP) is 2.35. The normalized spacial score (nSPS) is 11.0. The fourth-order valence-corrected chi connectivity index (χ4v) is 1.85. The Hall–Kier alpha value is -1.77. The van der Waals surface area contributed by atoms with Crippen LogP contribution in [0.2, 0.25) is 0 Å². The van der Waals surface area contributed by atoms with E-state index in [0.717, 1.165) is 13.0 Å². The minimum Gasteiger partial charge on any atom is -0.444 e. The molecule has 0 aliphatic carbocycles. The van der Waals surface area contributed by atoms with E-state index in [0.29, 0.717) is 30.1 Å². The summed E-state index contributed by atoms with van der Waals surface area (Å²) in [5.41, 5.74) is -0.501. The zero-order valence-electron chi connectivity index (χ0n) is 14.4. The number of alkyl carbamates (subject to hydrolysis) is 1. The maximum Gasteiger partial charge on any atom is 0.407 e. The molecule has 0 bridgehead atoms. The molecule has 3 N–H and O–H groups in total. The van der Waals surface area contributed by atoms with Crippen LogP contribution in [0.3, 0.4) is 0 Å². The van der Waals surface area contributed by atoms with Crippen LogP contribution < -0.4 is 16.0 Å². The third-order valence-electron chi connectivity index (χ3n) is 2.41. The Labute approximate surface area is 141 Å². The molecule has 130 valence electrons. The average molecular weight is 342 g/mol. The van der Waals surface area contributed by atoms with Gasteiger partial charge in [0.1, 0.15) is 5.60 Å². The second-order valence-electron chi connectivity index (χ2n) is 5.75. The summed E-state index contributed by atoms with van der Waals surface area (Å²) >= 11 is 1.45. The second-order valence-corrected chi connectivity index (χ2v) is 6.52. The topological polar surface area (TPSA) is 101 Å². The monoisotopic (exact) mass is 342 g/mol. The van der Waals surface area contributed by atoms with Gasteiger partial charge in [0.25, 0.3) is 0 Å². The Morgan fingerprint density at radius 1 is 1.09 bits per heavy atom. The largest absolute Gasteiger partial charge is 0.444 e. The Morgan fingerprint density at radius 2 is 1.70 bits per heavy atom. The molecule has 1 amide bonds. The highest BCUT2D eigenvalue weighted by molar-refractivity contribution is 7.98. The summed E-state index contributed by atoms with van der Waals surface area (Å²) in [5.74, 6) is 1.03. The van der Waals surface area contributed by atoms with Crippen molar-refractivity contribution in [3.05, 3.63) is 0 Å². The number of hydrogen-bond donors (Lipinski definition) is 3. The van der Waals surface area contributed by atoms with Crippen molar-refractivity contribution >= 4 is 29.8 Å². The van der Waals surface area contributed by atoms with Crippen molar-refractivity contribution < 1.29 is 9.53 Å². The van der Waals surface area contributed by atoms with E-state index in [1.54, 1.807) is 0 Å². The first-order valence-electron chi connectivity index (χ1n) is 7.58. The number of nitrogens with one attached hydrogen (secondary N) is 3. The van der Waals surface area contributed by atoms with Crippen molar-refractivity contribution in [3.63, 3.8) is 0 Å². The highest BCUT2D eigenvalue weighted by Crippen LogP contribution is 2.13. The van der Waals surface area contributed by atoms with Crippen molar-refractivity contribution in [2.75, 3.05) is 36.5 Å². The molecule has 9 heteroatoms. The highest BCUT2D eigenvalue weighted by atomic mass is 32.2. The lowest BCUT2D eigenvalue weighted by molar-refractivity contribution is 0.0530. The second kappa shape index (κ2) is 9.39. The van der Waals surface area contributed by atoms with Gasteiger partial charge in [-0.2, -0.15) is 15.0 Å². The third kappa shape index (κ3) is 8.44. The van der Waals surface area contributed by atoms with Gasteiger partial charge in [0.15, 0.2) is 5.16 Å². The quantitative estimate of drug-likeness (QED) is 0.489. The number of aromatic nitrogens is 3. The van der Waals surface area contributed by atoms with E-state index in [-0.39, 0.29) is 0 Å². The molecule has 1 aromatic heterocycles. The van der Waals surface area contributed by atoms with E-state index in [9.17, 15) is 4.79 Å². The Balaban J connectivity index is 2.46. The van der Waals surface area contributed by atoms with Crippen LogP contribution in [0.5, 0.6) is 0 Å². The summed E-state index contributed by atoms with van der Waals surface area (Å²) in [6, 6.07) is 0. The molecule has 0 saturated carbocycles. The molecule has 0 radical (unpaired) electrons. The lowest BCUT2D eigenvalue weighted by Gasteiger charge is -2.19. The van der Waals surface area contributed by atoms with Gasteiger partial charge in [0.05, 0.1) is 0 Å². The fraction of sp³-hybridized carbons (Fsp3) is 0.714. The van der Waals surface area contributed by atoms with Crippen molar-refractivity contribution in [3.8, 4) is 0 Å². The van der Waals surface area contributed by atoms with Crippen LogP contribution in [0.4, 0.5) is 16.7 Å². The van der Waals surface area contributed by atoms with E-state index in [1.165, 1.54) is 11.8 Å². The number of nitrogens with zero attached hydrogens (tertiary/aromatic N) is 3. The van der Waals surface area contributed by atoms with Gasteiger partial charge in [-0.05, 0) is 33.4 Å². The number of hydrogen-bond acceptors (Lipinski definition) is 8. The first-order chi connectivity index (χ1) is 10.8. The Morgan fingerprint density at radius 3 is 2.22 bits per heavy atom. The van der Waals surface area contributed by atoms with Crippen LogP contribution >= 0.6 is 11.8 Å². The minimum atomic E-state index is -0.501. The van der Waals surface area contributed by atoms with Gasteiger partial charge in [-0.25, -0.2) is 4.79 Å². The summed E-state index contributed by atoms with van der Waals surface area (Å²) in [5, 5.41) is 9.52. The first kappa shape index (κ1) is 19.3. The standard InChI is InChI=1S/C14H26N6O2S/c1-6-7-15-10-18-11(20-12(19-10)23-5)16-8-9-17-13(21)22-14(2,3)4/h6-9H2,1-5H3,(H,17,21)(H2,15,16,18,19,20). The highest BCUT2D eigenvalue weighted by Gasteiger charge is 2.15. The van der Waals surface area contributed by atoms with E-state index in [1.807, 2.05) is 27.0 Å². The zero-order valence-corrected chi connectivity index (χ0v) is 15.2. The Kier molecular flexibility index (Phi) is 7.87. The molecule has 0 aromatic carbocycles. The molecule has 0 spiro atoms. The van der Waals surface area contributed by atoms with Gasteiger partial charge in [0.2, 0.25) is 11.9 Å². The number of carbonyl (C=O) groups is 1. The molecular weight excluding hydrogens is 316 g/mol. The van der Waals surface area contributed by atoms with Crippen LogP contribution in [-0.2, 0) is 4.74 Å². The number of thioether (sulfide) groups is 1. The molecular formula is C14H26N6O2S. The smallest absolute Gasteiger partial charge is 0.407 e. The van der Waals surface area contributed by atoms with E-state index in [4.69, 9.17) is 4.74 Å². The maximum atomic E-state index is 11.5. The summed E-state index contributed by atoms with van der Waals surface area (Å²) in [6.45, 7) is 9.25. The van der Waals surface area contributed by atoms with Crippen LogP contribution in [0.1, 0.15) is 34.1 Å². The molecule has 0 fully saturated rings. The van der Waals surface area contributed by atoms with Gasteiger partial charge >= 0.3 is 6.09 Å². The zero-order chi connectivity index (χ0) is 17.3. The number of rotatable bonds is 8. The van der Waals surface area contributed by atoms with Crippen molar-refractivity contribution in [1.29, 1.82) is 0 Å². The molecule has 0 atom stereocenters. The fourth-order valence-electron chi connectivity index (χ4n) is 1.50. The van der Waals surface area contributed by atoms with Crippen LogP contribution in [0.25, 0.3) is 0 Å². The van der Waals surface area contributed by atoms with Crippen LogP contribution in [0, 0.1) is 0 Å². The molecule has 0 aliphatic heterocycles.